The first-order valence-corrected chi connectivity index (χ1v) is 11.2. The SMILES string of the molecule is O=C(c1ccc(OCc2cscn2)cc1)N1CCC(c2c[nH]c3ccccc23)CC1. The fourth-order valence-electron chi connectivity index (χ4n) is 4.17. The fraction of sp³-hybridized carbons (Fsp3) is 0.250. The van der Waals surface area contributed by atoms with Gasteiger partial charge < -0.3 is 14.6 Å². The summed E-state index contributed by atoms with van der Waals surface area (Å²) in [4.78, 5) is 22.5. The number of rotatable bonds is 5. The minimum absolute atomic E-state index is 0.0958. The van der Waals surface area contributed by atoms with Crippen LogP contribution in [0.15, 0.2) is 65.6 Å². The third kappa shape index (κ3) is 3.83. The molecule has 1 aliphatic rings. The molecular weight excluding hydrogens is 394 g/mol. The zero-order valence-corrected chi connectivity index (χ0v) is 17.4. The van der Waals surface area contributed by atoms with Crippen LogP contribution in [0.25, 0.3) is 10.9 Å². The highest BCUT2D eigenvalue weighted by molar-refractivity contribution is 7.07. The summed E-state index contributed by atoms with van der Waals surface area (Å²) in [7, 11) is 0. The van der Waals surface area contributed by atoms with E-state index in [1.54, 1.807) is 16.8 Å². The predicted molar refractivity (Wildman–Crippen MR) is 119 cm³/mol. The standard InChI is InChI=1S/C24H23N3O2S/c28-24(18-5-7-20(8-6-18)29-14-19-15-30-16-26-19)27-11-9-17(10-12-27)22-13-25-23-4-2-1-3-21(22)23/h1-8,13,15-17,25H,9-12,14H2. The molecule has 2 aromatic carbocycles. The molecule has 1 fully saturated rings. The summed E-state index contributed by atoms with van der Waals surface area (Å²) < 4.78 is 5.74. The van der Waals surface area contributed by atoms with Crippen molar-refractivity contribution in [2.45, 2.75) is 25.4 Å². The van der Waals surface area contributed by atoms with Gasteiger partial charge in [0.05, 0.1) is 11.2 Å². The number of carbonyl (C=O) groups excluding carboxylic acids is 1. The lowest BCUT2D eigenvalue weighted by atomic mass is 9.89. The van der Waals surface area contributed by atoms with Gasteiger partial charge in [0, 0.05) is 41.1 Å². The summed E-state index contributed by atoms with van der Waals surface area (Å²) >= 11 is 1.55. The van der Waals surface area contributed by atoms with Crippen LogP contribution in [0.1, 0.15) is 40.4 Å². The van der Waals surface area contributed by atoms with E-state index in [1.807, 2.05) is 34.5 Å². The second-order valence-corrected chi connectivity index (χ2v) is 8.37. The van der Waals surface area contributed by atoms with Crippen LogP contribution in [0.2, 0.25) is 0 Å². The first kappa shape index (κ1) is 18.9. The number of hydrogen-bond acceptors (Lipinski definition) is 4. The van der Waals surface area contributed by atoms with Crippen LogP contribution in [-0.4, -0.2) is 33.9 Å². The van der Waals surface area contributed by atoms with E-state index in [2.05, 4.69) is 40.4 Å². The number of aromatic amines is 1. The average molecular weight is 418 g/mol. The average Bonchev–Trinajstić information content (AvgIpc) is 3.48. The van der Waals surface area contributed by atoms with Crippen LogP contribution < -0.4 is 4.74 Å². The van der Waals surface area contributed by atoms with E-state index < -0.39 is 0 Å². The molecule has 4 aromatic rings. The number of aromatic nitrogens is 2. The van der Waals surface area contributed by atoms with Gasteiger partial charge in [-0.2, -0.15) is 0 Å². The molecule has 30 heavy (non-hydrogen) atoms. The molecule has 5 rings (SSSR count). The highest BCUT2D eigenvalue weighted by atomic mass is 32.1. The number of amides is 1. The molecule has 0 atom stereocenters. The lowest BCUT2D eigenvalue weighted by molar-refractivity contribution is 0.0713. The molecule has 0 bridgehead atoms. The summed E-state index contributed by atoms with van der Waals surface area (Å²) in [6.45, 7) is 2.01. The number of thiazole rings is 1. The molecule has 152 valence electrons. The number of para-hydroxylation sites is 1. The van der Waals surface area contributed by atoms with Crippen molar-refractivity contribution in [1.29, 1.82) is 0 Å². The van der Waals surface area contributed by atoms with Crippen LogP contribution in [0.4, 0.5) is 0 Å². The Morgan fingerprint density at radius 3 is 2.70 bits per heavy atom. The number of nitrogens with one attached hydrogen (secondary N) is 1. The van der Waals surface area contributed by atoms with Gasteiger partial charge in [-0.05, 0) is 54.7 Å². The van der Waals surface area contributed by atoms with Crippen LogP contribution in [0.5, 0.6) is 5.75 Å². The second kappa shape index (κ2) is 8.32. The van der Waals surface area contributed by atoms with E-state index in [1.165, 1.54) is 16.5 Å². The third-order valence-electron chi connectivity index (χ3n) is 5.81. The number of benzene rings is 2. The topological polar surface area (TPSA) is 58.2 Å². The van der Waals surface area contributed by atoms with Gasteiger partial charge in [-0.25, -0.2) is 4.98 Å². The highest BCUT2D eigenvalue weighted by Crippen LogP contribution is 2.33. The molecule has 1 aliphatic heterocycles. The Morgan fingerprint density at radius 2 is 1.93 bits per heavy atom. The maximum absolute atomic E-state index is 12.9. The van der Waals surface area contributed by atoms with Crippen molar-refractivity contribution in [3.63, 3.8) is 0 Å². The largest absolute Gasteiger partial charge is 0.487 e. The van der Waals surface area contributed by atoms with Crippen molar-refractivity contribution >= 4 is 28.1 Å². The molecule has 5 nitrogen and oxygen atoms in total. The smallest absolute Gasteiger partial charge is 0.253 e. The van der Waals surface area contributed by atoms with E-state index >= 15 is 0 Å². The number of likely N-dealkylation sites (tertiary alicyclic amines) is 1. The Morgan fingerprint density at radius 1 is 1.13 bits per heavy atom. The number of nitrogens with zero attached hydrogens (tertiary/aromatic N) is 2. The predicted octanol–water partition coefficient (Wildman–Crippen LogP) is 5.22. The van der Waals surface area contributed by atoms with E-state index in [0.717, 1.165) is 37.4 Å². The molecule has 0 radical (unpaired) electrons. The van der Waals surface area contributed by atoms with Crippen molar-refractivity contribution < 1.29 is 9.53 Å². The quantitative estimate of drug-likeness (QED) is 0.484. The van der Waals surface area contributed by atoms with E-state index in [9.17, 15) is 4.79 Å². The summed E-state index contributed by atoms with van der Waals surface area (Å²) in [5.74, 6) is 1.34. The molecule has 0 saturated carbocycles. The molecule has 0 unspecified atom stereocenters. The number of H-pyrrole nitrogens is 1. The summed E-state index contributed by atoms with van der Waals surface area (Å²) in [5, 5.41) is 3.27. The highest BCUT2D eigenvalue weighted by Gasteiger charge is 2.26. The number of carbonyl (C=O) groups is 1. The summed E-state index contributed by atoms with van der Waals surface area (Å²) in [6.07, 6.45) is 4.11. The first-order valence-electron chi connectivity index (χ1n) is 10.2. The number of ether oxygens (including phenoxy) is 1. The van der Waals surface area contributed by atoms with Gasteiger partial charge in [-0.3, -0.25) is 4.79 Å². The Balaban J connectivity index is 1.19. The van der Waals surface area contributed by atoms with Crippen LogP contribution in [0.3, 0.4) is 0 Å². The van der Waals surface area contributed by atoms with E-state index in [4.69, 9.17) is 4.74 Å². The van der Waals surface area contributed by atoms with E-state index in [0.29, 0.717) is 18.1 Å². The molecule has 1 saturated heterocycles. The number of hydrogen-bond donors (Lipinski definition) is 1. The zero-order valence-electron chi connectivity index (χ0n) is 16.6. The zero-order chi connectivity index (χ0) is 20.3. The van der Waals surface area contributed by atoms with Crippen molar-refractivity contribution in [1.82, 2.24) is 14.9 Å². The first-order chi connectivity index (χ1) is 14.8. The van der Waals surface area contributed by atoms with E-state index in [-0.39, 0.29) is 5.91 Å². The molecule has 1 N–H and O–H groups in total. The van der Waals surface area contributed by atoms with Gasteiger partial charge in [-0.1, -0.05) is 18.2 Å². The number of piperidine rings is 1. The van der Waals surface area contributed by atoms with Crippen molar-refractivity contribution in [3.05, 3.63) is 82.4 Å². The molecule has 1 amide bonds. The Labute approximate surface area is 179 Å². The minimum atomic E-state index is 0.0958. The molecule has 0 aliphatic carbocycles. The summed E-state index contributed by atoms with van der Waals surface area (Å²) in [5.41, 5.74) is 5.98. The van der Waals surface area contributed by atoms with Gasteiger partial charge in [0.2, 0.25) is 0 Å². The maximum Gasteiger partial charge on any atom is 0.253 e. The number of fused-ring (bicyclic) bond motifs is 1. The Hall–Kier alpha value is -3.12. The molecule has 6 heteroatoms. The Bertz CT molecular complexity index is 1130. The lowest BCUT2D eigenvalue weighted by Crippen LogP contribution is -2.37. The van der Waals surface area contributed by atoms with Crippen LogP contribution in [0, 0.1) is 0 Å². The lowest BCUT2D eigenvalue weighted by Gasteiger charge is -2.32. The van der Waals surface area contributed by atoms with Crippen LogP contribution in [-0.2, 0) is 6.61 Å². The second-order valence-electron chi connectivity index (χ2n) is 7.65. The molecular formula is C24H23N3O2S. The maximum atomic E-state index is 12.9. The van der Waals surface area contributed by atoms with Gasteiger partial charge in [0.15, 0.2) is 0 Å². The van der Waals surface area contributed by atoms with Gasteiger partial charge in [-0.15, -0.1) is 11.3 Å². The van der Waals surface area contributed by atoms with Crippen molar-refractivity contribution in [3.8, 4) is 5.75 Å². The van der Waals surface area contributed by atoms with Gasteiger partial charge in [0.25, 0.3) is 5.91 Å². The van der Waals surface area contributed by atoms with Crippen LogP contribution >= 0.6 is 11.3 Å². The molecule has 2 aromatic heterocycles. The van der Waals surface area contributed by atoms with Crippen molar-refractivity contribution in [2.75, 3.05) is 13.1 Å². The normalized spacial score (nSPS) is 14.9. The summed E-state index contributed by atoms with van der Waals surface area (Å²) in [6, 6.07) is 15.9. The van der Waals surface area contributed by atoms with Crippen molar-refractivity contribution in [2.24, 2.45) is 0 Å². The van der Waals surface area contributed by atoms with Gasteiger partial charge >= 0.3 is 0 Å². The van der Waals surface area contributed by atoms with Gasteiger partial charge in [0.1, 0.15) is 12.4 Å². The molecule has 0 spiro atoms. The minimum Gasteiger partial charge on any atom is -0.487 e. The monoisotopic (exact) mass is 417 g/mol. The Kier molecular flexibility index (Phi) is 5.24. The molecule has 3 heterocycles. The fourth-order valence-corrected chi connectivity index (χ4v) is 4.71. The third-order valence-corrected chi connectivity index (χ3v) is 6.45.